The van der Waals surface area contributed by atoms with Gasteiger partial charge in [-0.2, -0.15) is 13.2 Å². The Morgan fingerprint density at radius 1 is 1.12 bits per heavy atom. The van der Waals surface area contributed by atoms with Gasteiger partial charge in [-0.3, -0.25) is 4.79 Å². The first-order valence-electron chi connectivity index (χ1n) is 14.1. The van der Waals surface area contributed by atoms with Crippen LogP contribution in [0.3, 0.4) is 0 Å². The first-order valence-corrected chi connectivity index (χ1v) is 14.1. The van der Waals surface area contributed by atoms with Crippen molar-refractivity contribution in [3.8, 4) is 28.7 Å². The average Bonchev–Trinajstić information content (AvgIpc) is 3.68. The van der Waals surface area contributed by atoms with E-state index in [-0.39, 0.29) is 24.2 Å². The molecular weight excluding hydrogens is 561 g/mol. The smallest absolute Gasteiger partial charge is 0.434 e. The topological polar surface area (TPSA) is 120 Å². The Hall–Kier alpha value is -4.55. The first kappa shape index (κ1) is 29.9. The SMILES string of the molecule is CCC(=O)Nc1cnc(-c2c(CC3CC3)ncnc2OC)nc1NCc1ccc(-c2nc(C(F)(F)F)cn2C(C)C)cc1. The highest BCUT2D eigenvalue weighted by molar-refractivity contribution is 5.93. The zero-order chi connectivity index (χ0) is 30.7. The summed E-state index contributed by atoms with van der Waals surface area (Å²) >= 11 is 0. The van der Waals surface area contributed by atoms with Gasteiger partial charge in [-0.25, -0.2) is 24.9 Å². The second-order valence-electron chi connectivity index (χ2n) is 10.7. The monoisotopic (exact) mass is 594 g/mol. The number of aromatic nitrogens is 6. The summed E-state index contributed by atoms with van der Waals surface area (Å²) in [6, 6.07) is 6.88. The van der Waals surface area contributed by atoms with Crippen LogP contribution in [0, 0.1) is 5.92 Å². The van der Waals surface area contributed by atoms with Crippen LogP contribution in [0.25, 0.3) is 22.8 Å². The van der Waals surface area contributed by atoms with Gasteiger partial charge in [0.05, 0.1) is 19.0 Å². The highest BCUT2D eigenvalue weighted by Gasteiger charge is 2.35. The normalized spacial score (nSPS) is 13.3. The zero-order valence-corrected chi connectivity index (χ0v) is 24.4. The summed E-state index contributed by atoms with van der Waals surface area (Å²) in [4.78, 5) is 34.1. The van der Waals surface area contributed by atoms with E-state index in [1.165, 1.54) is 18.0 Å². The molecule has 0 saturated heterocycles. The number of hydrogen-bond donors (Lipinski definition) is 2. The number of halogens is 3. The minimum atomic E-state index is -4.53. The number of benzene rings is 1. The number of methoxy groups -OCH3 is 1. The van der Waals surface area contributed by atoms with E-state index >= 15 is 0 Å². The van der Waals surface area contributed by atoms with Crippen LogP contribution < -0.4 is 15.4 Å². The number of nitrogens with zero attached hydrogens (tertiary/aromatic N) is 6. The Morgan fingerprint density at radius 3 is 2.49 bits per heavy atom. The van der Waals surface area contributed by atoms with Crippen LogP contribution in [0.15, 0.2) is 43.0 Å². The van der Waals surface area contributed by atoms with E-state index in [2.05, 4.69) is 30.6 Å². The number of nitrogens with one attached hydrogen (secondary N) is 2. The van der Waals surface area contributed by atoms with Crippen LogP contribution in [0.5, 0.6) is 5.88 Å². The van der Waals surface area contributed by atoms with Crippen LogP contribution in [0.1, 0.15) is 63.0 Å². The van der Waals surface area contributed by atoms with Gasteiger partial charge in [-0.1, -0.05) is 31.2 Å². The Morgan fingerprint density at radius 2 is 1.86 bits per heavy atom. The summed E-state index contributed by atoms with van der Waals surface area (Å²) in [5.74, 6) is 1.72. The fraction of sp³-hybridized carbons (Fsp3) is 0.400. The van der Waals surface area contributed by atoms with Gasteiger partial charge >= 0.3 is 6.18 Å². The maximum atomic E-state index is 13.3. The Kier molecular flexibility index (Phi) is 8.60. The number of imidazole rings is 1. The number of alkyl halides is 3. The number of carbonyl (C=O) groups excluding carboxylic acids is 1. The van der Waals surface area contributed by atoms with Gasteiger partial charge in [0, 0.05) is 30.8 Å². The van der Waals surface area contributed by atoms with Crippen LogP contribution in [0.2, 0.25) is 0 Å². The molecule has 0 atom stereocenters. The van der Waals surface area contributed by atoms with Crippen LogP contribution in [0.4, 0.5) is 24.7 Å². The quantitative estimate of drug-likeness (QED) is 0.207. The van der Waals surface area contributed by atoms with Gasteiger partial charge in [0.15, 0.2) is 17.3 Å². The van der Waals surface area contributed by atoms with Crippen LogP contribution >= 0.6 is 0 Å². The van der Waals surface area contributed by atoms with Crippen molar-refractivity contribution in [1.29, 1.82) is 0 Å². The molecule has 13 heteroatoms. The molecule has 0 bridgehead atoms. The van der Waals surface area contributed by atoms with Crippen molar-refractivity contribution in [3.63, 3.8) is 0 Å². The van der Waals surface area contributed by atoms with E-state index in [1.807, 2.05) is 12.1 Å². The maximum Gasteiger partial charge on any atom is 0.434 e. The fourth-order valence-electron chi connectivity index (χ4n) is 4.60. The number of carbonyl (C=O) groups is 1. The van der Waals surface area contributed by atoms with Crippen LogP contribution in [-0.2, 0) is 23.9 Å². The third kappa shape index (κ3) is 6.92. The summed E-state index contributed by atoms with van der Waals surface area (Å²) < 4.78 is 47.1. The molecule has 3 aromatic heterocycles. The highest BCUT2D eigenvalue weighted by atomic mass is 19.4. The molecule has 5 rings (SSSR count). The largest absolute Gasteiger partial charge is 0.480 e. The molecule has 1 aliphatic rings. The number of hydrogen-bond acceptors (Lipinski definition) is 8. The number of rotatable bonds is 11. The molecule has 1 fully saturated rings. The maximum absolute atomic E-state index is 13.3. The molecular formula is C30H33F3N8O2. The lowest BCUT2D eigenvalue weighted by Gasteiger charge is -2.15. The highest BCUT2D eigenvalue weighted by Crippen LogP contribution is 2.38. The van der Waals surface area contributed by atoms with Crippen molar-refractivity contribution >= 4 is 17.4 Å². The van der Waals surface area contributed by atoms with Gasteiger partial charge in [0.1, 0.15) is 23.4 Å². The molecule has 43 heavy (non-hydrogen) atoms. The van der Waals surface area contributed by atoms with E-state index < -0.39 is 11.9 Å². The lowest BCUT2D eigenvalue weighted by molar-refractivity contribution is -0.140. The minimum Gasteiger partial charge on any atom is -0.480 e. The summed E-state index contributed by atoms with van der Waals surface area (Å²) in [7, 11) is 1.53. The Labute approximate surface area is 247 Å². The standard InChI is InChI=1S/C30H33F3N8O2/c1-5-24(42)38-22-14-35-27(25-21(12-18-6-7-18)36-16-37-29(25)43-4)40-26(22)34-13-19-8-10-20(11-9-19)28-39-23(30(31,32)33)15-41(28)17(2)3/h8-11,14-18H,5-7,12-13H2,1-4H3,(H,38,42)(H,34,35,40). The molecule has 3 heterocycles. The Bertz CT molecular complexity index is 1600. The number of amides is 1. The Balaban J connectivity index is 1.42. The zero-order valence-electron chi connectivity index (χ0n) is 24.4. The molecule has 0 unspecified atom stereocenters. The van der Waals surface area contributed by atoms with Gasteiger partial charge in [0.25, 0.3) is 0 Å². The first-order chi connectivity index (χ1) is 20.6. The van der Waals surface area contributed by atoms with Gasteiger partial charge in [0.2, 0.25) is 11.8 Å². The third-order valence-corrected chi connectivity index (χ3v) is 7.12. The summed E-state index contributed by atoms with van der Waals surface area (Å²) in [6.07, 6.45) is 2.84. The van der Waals surface area contributed by atoms with Crippen molar-refractivity contribution in [2.75, 3.05) is 17.7 Å². The molecule has 0 radical (unpaired) electrons. The van der Waals surface area contributed by atoms with Gasteiger partial charge in [-0.15, -0.1) is 0 Å². The molecule has 1 aromatic carbocycles. The predicted molar refractivity (Wildman–Crippen MR) is 155 cm³/mol. The predicted octanol–water partition coefficient (Wildman–Crippen LogP) is 6.32. The van der Waals surface area contributed by atoms with Gasteiger partial charge < -0.3 is 19.9 Å². The second-order valence-corrected chi connectivity index (χ2v) is 10.7. The van der Waals surface area contributed by atoms with Crippen molar-refractivity contribution in [1.82, 2.24) is 29.5 Å². The number of anilines is 2. The van der Waals surface area contributed by atoms with E-state index in [0.29, 0.717) is 46.8 Å². The second kappa shape index (κ2) is 12.4. The molecule has 0 aliphatic heterocycles. The summed E-state index contributed by atoms with van der Waals surface area (Å²) in [5, 5.41) is 6.11. The number of ether oxygens (including phenoxy) is 1. The van der Waals surface area contributed by atoms with E-state index in [1.54, 1.807) is 39.1 Å². The molecule has 226 valence electrons. The van der Waals surface area contributed by atoms with E-state index in [4.69, 9.17) is 9.72 Å². The molecule has 0 spiro atoms. The van der Waals surface area contributed by atoms with Crippen molar-refractivity contribution in [3.05, 3.63) is 59.9 Å². The fourth-order valence-corrected chi connectivity index (χ4v) is 4.60. The third-order valence-electron chi connectivity index (χ3n) is 7.12. The summed E-state index contributed by atoms with van der Waals surface area (Å²) in [6.45, 7) is 5.68. The lowest BCUT2D eigenvalue weighted by atomic mass is 10.1. The van der Waals surface area contributed by atoms with Crippen molar-refractivity contribution in [2.45, 2.75) is 65.2 Å². The van der Waals surface area contributed by atoms with E-state index in [9.17, 15) is 18.0 Å². The molecule has 10 nitrogen and oxygen atoms in total. The van der Waals surface area contributed by atoms with Crippen molar-refractivity contribution < 1.29 is 22.7 Å². The molecule has 4 aromatic rings. The molecule has 1 saturated carbocycles. The van der Waals surface area contributed by atoms with Crippen LogP contribution in [-0.4, -0.2) is 42.5 Å². The minimum absolute atomic E-state index is 0.197. The summed E-state index contributed by atoms with van der Waals surface area (Å²) in [5.41, 5.74) is 2.29. The lowest BCUT2D eigenvalue weighted by Crippen LogP contribution is -2.14. The van der Waals surface area contributed by atoms with Crippen molar-refractivity contribution in [2.24, 2.45) is 5.92 Å². The molecule has 1 amide bonds. The molecule has 1 aliphatic carbocycles. The average molecular weight is 595 g/mol. The van der Waals surface area contributed by atoms with E-state index in [0.717, 1.165) is 36.7 Å². The molecule has 2 N–H and O–H groups in total. The van der Waals surface area contributed by atoms with Gasteiger partial charge in [-0.05, 0) is 44.6 Å².